The molecule has 1 aromatic rings. The van der Waals surface area contributed by atoms with Crippen molar-refractivity contribution in [1.82, 2.24) is 10.2 Å². The van der Waals surface area contributed by atoms with Crippen LogP contribution in [0.15, 0.2) is 30.3 Å². The fraction of sp³-hybridized carbons (Fsp3) is 0.579. The molecule has 4 nitrogen and oxygen atoms in total. The van der Waals surface area contributed by atoms with Crippen LogP contribution in [0, 0.1) is 0 Å². The number of ketones is 1. The molecule has 1 fully saturated rings. The Balaban J connectivity index is 1.86. The summed E-state index contributed by atoms with van der Waals surface area (Å²) in [5.41, 5.74) is 1.07. The number of nitrogens with zero attached hydrogens (tertiary/aromatic N) is 1. The van der Waals surface area contributed by atoms with E-state index in [9.17, 15) is 9.59 Å². The van der Waals surface area contributed by atoms with Gasteiger partial charge in [0.1, 0.15) is 0 Å². The highest BCUT2D eigenvalue weighted by molar-refractivity contribution is 5.88. The number of nitrogens with one attached hydrogen (secondary N) is 1. The normalized spacial score (nSPS) is 17.8. The van der Waals surface area contributed by atoms with Gasteiger partial charge in [0.05, 0.1) is 12.6 Å². The molecule has 0 bridgehead atoms. The number of hydrogen-bond acceptors (Lipinski definition) is 3. The number of likely N-dealkylation sites (tertiary alicyclic amines) is 1. The smallest absolute Gasteiger partial charge is 0.234 e. The molecule has 126 valence electrons. The van der Waals surface area contributed by atoms with Gasteiger partial charge in [0.15, 0.2) is 5.78 Å². The average molecular weight is 316 g/mol. The highest BCUT2D eigenvalue weighted by Crippen LogP contribution is 2.10. The minimum atomic E-state index is -0.431. The summed E-state index contributed by atoms with van der Waals surface area (Å²) in [6.45, 7) is 3.91. The van der Waals surface area contributed by atoms with Crippen molar-refractivity contribution in [3.8, 4) is 0 Å². The first-order valence-electron chi connectivity index (χ1n) is 8.71. The van der Waals surface area contributed by atoms with E-state index in [4.69, 9.17) is 0 Å². The number of hydrogen-bond donors (Lipinski definition) is 1. The number of benzene rings is 1. The van der Waals surface area contributed by atoms with Crippen LogP contribution in [-0.2, 0) is 16.0 Å². The van der Waals surface area contributed by atoms with Gasteiger partial charge < -0.3 is 5.32 Å². The summed E-state index contributed by atoms with van der Waals surface area (Å²) in [7, 11) is 0. The van der Waals surface area contributed by atoms with Crippen molar-refractivity contribution in [3.05, 3.63) is 35.9 Å². The van der Waals surface area contributed by atoms with E-state index in [1.54, 1.807) is 6.92 Å². The van der Waals surface area contributed by atoms with E-state index in [0.717, 1.165) is 31.5 Å². The molecule has 0 aliphatic carbocycles. The third-order valence-corrected chi connectivity index (χ3v) is 4.42. The van der Waals surface area contributed by atoms with E-state index in [-0.39, 0.29) is 11.7 Å². The lowest BCUT2D eigenvalue weighted by Gasteiger charge is -2.25. The van der Waals surface area contributed by atoms with E-state index < -0.39 is 6.04 Å². The largest absolute Gasteiger partial charge is 0.345 e. The van der Waals surface area contributed by atoms with Crippen molar-refractivity contribution in [2.45, 2.75) is 51.5 Å². The lowest BCUT2D eigenvalue weighted by molar-refractivity contribution is -0.127. The lowest BCUT2D eigenvalue weighted by atomic mass is 10.0. The first-order chi connectivity index (χ1) is 11.1. The molecule has 2 rings (SSSR count). The number of carbonyl (C=O) groups is 2. The summed E-state index contributed by atoms with van der Waals surface area (Å²) in [6.07, 6.45) is 6.69. The second-order valence-electron chi connectivity index (χ2n) is 6.46. The van der Waals surface area contributed by atoms with Gasteiger partial charge in [-0.3, -0.25) is 14.5 Å². The van der Waals surface area contributed by atoms with Crippen LogP contribution in [0.25, 0.3) is 0 Å². The van der Waals surface area contributed by atoms with E-state index in [1.807, 2.05) is 30.3 Å². The fourth-order valence-corrected chi connectivity index (χ4v) is 3.06. The van der Waals surface area contributed by atoms with E-state index in [0.29, 0.717) is 13.0 Å². The molecule has 0 aromatic heterocycles. The zero-order valence-electron chi connectivity index (χ0n) is 14.1. The van der Waals surface area contributed by atoms with Crippen LogP contribution in [0.1, 0.15) is 44.6 Å². The fourth-order valence-electron chi connectivity index (χ4n) is 3.06. The molecular formula is C19H28N2O2. The minimum absolute atomic E-state index is 0.00914. The second kappa shape index (κ2) is 9.46. The highest BCUT2D eigenvalue weighted by atomic mass is 16.2. The van der Waals surface area contributed by atoms with Gasteiger partial charge in [0, 0.05) is 0 Å². The van der Waals surface area contributed by atoms with Gasteiger partial charge in [-0.2, -0.15) is 0 Å². The van der Waals surface area contributed by atoms with E-state index in [1.165, 1.54) is 19.3 Å². The van der Waals surface area contributed by atoms with Gasteiger partial charge in [-0.25, -0.2) is 0 Å². The Morgan fingerprint density at radius 1 is 1.04 bits per heavy atom. The molecule has 1 atom stereocenters. The number of Topliss-reactive ketones (excluding diaryl/α,β-unsaturated/α-hetero) is 1. The first kappa shape index (κ1) is 17.7. The first-order valence-corrected chi connectivity index (χ1v) is 8.71. The summed E-state index contributed by atoms with van der Waals surface area (Å²) < 4.78 is 0. The molecular weight excluding hydrogens is 288 g/mol. The molecule has 1 N–H and O–H groups in total. The predicted octanol–water partition coefficient (Wildman–Crippen LogP) is 2.57. The standard InChI is InChI=1S/C19H28N2O2/c1-16(22)18(14-17-10-6-5-7-11-17)20-19(23)15-21-12-8-3-2-4-9-13-21/h5-7,10-11,18H,2-4,8-9,12-15H2,1H3,(H,20,23). The summed E-state index contributed by atoms with van der Waals surface area (Å²) in [5.74, 6) is -0.0309. The van der Waals surface area contributed by atoms with E-state index in [2.05, 4.69) is 10.2 Å². The van der Waals surface area contributed by atoms with Crippen molar-refractivity contribution in [2.24, 2.45) is 0 Å². The number of carbonyl (C=O) groups excluding carboxylic acids is 2. The molecule has 23 heavy (non-hydrogen) atoms. The zero-order chi connectivity index (χ0) is 16.5. The monoisotopic (exact) mass is 316 g/mol. The van der Waals surface area contributed by atoms with Crippen molar-refractivity contribution in [1.29, 1.82) is 0 Å². The van der Waals surface area contributed by atoms with Crippen molar-refractivity contribution in [3.63, 3.8) is 0 Å². The topological polar surface area (TPSA) is 49.4 Å². The highest BCUT2D eigenvalue weighted by Gasteiger charge is 2.19. The summed E-state index contributed by atoms with van der Waals surface area (Å²) in [4.78, 5) is 26.4. The van der Waals surface area contributed by atoms with Crippen LogP contribution in [0.3, 0.4) is 0 Å². The molecule has 1 unspecified atom stereocenters. The maximum absolute atomic E-state index is 12.3. The lowest BCUT2D eigenvalue weighted by Crippen LogP contribution is -2.46. The molecule has 1 saturated heterocycles. The Morgan fingerprint density at radius 2 is 1.65 bits per heavy atom. The van der Waals surface area contributed by atoms with Crippen LogP contribution in [0.2, 0.25) is 0 Å². The second-order valence-corrected chi connectivity index (χ2v) is 6.46. The van der Waals surface area contributed by atoms with Crippen molar-refractivity contribution >= 4 is 11.7 Å². The molecule has 0 saturated carbocycles. The molecule has 1 aliphatic heterocycles. The van der Waals surface area contributed by atoms with Gasteiger partial charge in [-0.15, -0.1) is 0 Å². The van der Waals surface area contributed by atoms with E-state index >= 15 is 0 Å². The third-order valence-electron chi connectivity index (χ3n) is 4.42. The van der Waals surface area contributed by atoms with Gasteiger partial charge in [-0.1, -0.05) is 49.6 Å². The molecule has 4 heteroatoms. The average Bonchev–Trinajstić information content (AvgIpc) is 2.50. The molecule has 0 spiro atoms. The Kier molecular flexibility index (Phi) is 7.27. The van der Waals surface area contributed by atoms with Gasteiger partial charge in [0.25, 0.3) is 0 Å². The van der Waals surface area contributed by atoms with Crippen LogP contribution in [-0.4, -0.2) is 42.3 Å². The van der Waals surface area contributed by atoms with Crippen molar-refractivity contribution in [2.75, 3.05) is 19.6 Å². The number of rotatable bonds is 6. The van der Waals surface area contributed by atoms with Crippen LogP contribution >= 0.6 is 0 Å². The van der Waals surface area contributed by atoms with Gasteiger partial charge >= 0.3 is 0 Å². The van der Waals surface area contributed by atoms with Gasteiger partial charge in [-0.05, 0) is 44.8 Å². The van der Waals surface area contributed by atoms with Gasteiger partial charge in [0.2, 0.25) is 5.91 Å². The molecule has 1 amide bonds. The van der Waals surface area contributed by atoms with Crippen molar-refractivity contribution < 1.29 is 9.59 Å². The van der Waals surface area contributed by atoms with Crippen LogP contribution in [0.5, 0.6) is 0 Å². The predicted molar refractivity (Wildman–Crippen MR) is 92.3 cm³/mol. The molecule has 1 heterocycles. The maximum atomic E-state index is 12.3. The molecule has 1 aromatic carbocycles. The minimum Gasteiger partial charge on any atom is -0.345 e. The molecule has 1 aliphatic rings. The van der Waals surface area contributed by atoms with Crippen LogP contribution < -0.4 is 5.32 Å². The summed E-state index contributed by atoms with van der Waals surface area (Å²) in [5, 5.41) is 2.92. The van der Waals surface area contributed by atoms with Crippen LogP contribution in [0.4, 0.5) is 0 Å². The Hall–Kier alpha value is -1.68. The summed E-state index contributed by atoms with van der Waals surface area (Å²) in [6, 6.07) is 9.40. The zero-order valence-corrected chi connectivity index (χ0v) is 14.1. The Labute approximate surface area is 139 Å². The summed E-state index contributed by atoms with van der Waals surface area (Å²) >= 11 is 0. The SMILES string of the molecule is CC(=O)C(Cc1ccccc1)NC(=O)CN1CCCCCCC1. The third kappa shape index (κ3) is 6.53. The molecule has 0 radical (unpaired) electrons. The Bertz CT molecular complexity index is 493. The number of amides is 1. The Morgan fingerprint density at radius 3 is 2.26 bits per heavy atom. The maximum Gasteiger partial charge on any atom is 0.234 e. The quantitative estimate of drug-likeness (QED) is 0.877.